The number of nitrogens with zero attached hydrogens (tertiary/aromatic N) is 1. The molecule has 0 saturated carbocycles. The van der Waals surface area contributed by atoms with Gasteiger partial charge in [-0.3, -0.25) is 4.79 Å². The van der Waals surface area contributed by atoms with Gasteiger partial charge in [-0.2, -0.15) is 0 Å². The maximum atomic E-state index is 12.5. The summed E-state index contributed by atoms with van der Waals surface area (Å²) in [5.41, 5.74) is 1.42. The summed E-state index contributed by atoms with van der Waals surface area (Å²) in [5, 5.41) is 12.6. The first kappa shape index (κ1) is 20.7. The monoisotopic (exact) mass is 392 g/mol. The van der Waals surface area contributed by atoms with Gasteiger partial charge in [0.15, 0.2) is 11.5 Å². The van der Waals surface area contributed by atoms with Crippen molar-refractivity contribution < 1.29 is 24.2 Å². The second kappa shape index (κ2) is 8.85. The number of aromatic carboxylic acids is 1. The summed E-state index contributed by atoms with van der Waals surface area (Å²) < 4.78 is 10.5. The number of carboxylic acid groups (broad SMARTS) is 1. The predicted octanol–water partition coefficient (Wildman–Crippen LogP) is 3.22. The third-order valence-corrected chi connectivity index (χ3v) is 5.50. The SMILES string of the molecule is COc1ccc(CC(C)C(=O)NC(C)c2nc(C)c(C(=O)O)s2)cc1OC. The number of benzene rings is 1. The van der Waals surface area contributed by atoms with Gasteiger partial charge in [-0.1, -0.05) is 13.0 Å². The Bertz CT molecular complexity index is 834. The van der Waals surface area contributed by atoms with Crippen LogP contribution >= 0.6 is 11.3 Å². The van der Waals surface area contributed by atoms with Crippen LogP contribution in [-0.4, -0.2) is 36.2 Å². The molecule has 1 amide bonds. The van der Waals surface area contributed by atoms with Crippen molar-refractivity contribution in [2.45, 2.75) is 33.2 Å². The molecule has 2 atom stereocenters. The van der Waals surface area contributed by atoms with Crippen molar-refractivity contribution >= 4 is 23.2 Å². The Morgan fingerprint density at radius 1 is 1.22 bits per heavy atom. The standard InChI is InChI=1S/C19H24N2O5S/c1-10(8-13-6-7-14(25-4)15(9-13)26-5)17(22)20-12(3)18-21-11(2)16(27-18)19(23)24/h6-7,9-10,12H,8H2,1-5H3,(H,20,22)(H,23,24). The topological polar surface area (TPSA) is 97.8 Å². The Morgan fingerprint density at radius 2 is 1.89 bits per heavy atom. The number of rotatable bonds is 8. The van der Waals surface area contributed by atoms with E-state index in [2.05, 4.69) is 10.3 Å². The number of methoxy groups -OCH3 is 2. The number of aromatic nitrogens is 1. The molecule has 0 bridgehead atoms. The van der Waals surface area contributed by atoms with Crippen molar-refractivity contribution in [2.75, 3.05) is 14.2 Å². The maximum Gasteiger partial charge on any atom is 0.347 e. The fourth-order valence-electron chi connectivity index (χ4n) is 2.67. The Kier molecular flexibility index (Phi) is 6.79. The Morgan fingerprint density at radius 3 is 2.44 bits per heavy atom. The van der Waals surface area contributed by atoms with Gasteiger partial charge >= 0.3 is 5.97 Å². The lowest BCUT2D eigenvalue weighted by Crippen LogP contribution is -2.32. The molecule has 1 aromatic carbocycles. The molecule has 2 aromatic rings. The second-order valence-electron chi connectivity index (χ2n) is 6.30. The molecule has 0 saturated heterocycles. The van der Waals surface area contributed by atoms with Crippen molar-refractivity contribution in [3.63, 3.8) is 0 Å². The van der Waals surface area contributed by atoms with Crippen molar-refractivity contribution in [3.8, 4) is 11.5 Å². The van der Waals surface area contributed by atoms with E-state index < -0.39 is 5.97 Å². The predicted molar refractivity (Wildman–Crippen MR) is 103 cm³/mol. The first-order valence-electron chi connectivity index (χ1n) is 8.48. The van der Waals surface area contributed by atoms with E-state index in [4.69, 9.17) is 14.6 Å². The van der Waals surface area contributed by atoms with E-state index in [-0.39, 0.29) is 22.7 Å². The number of amides is 1. The molecule has 0 fully saturated rings. The number of carbonyl (C=O) groups excluding carboxylic acids is 1. The van der Waals surface area contributed by atoms with Gasteiger partial charge in [0, 0.05) is 5.92 Å². The number of carbonyl (C=O) groups is 2. The van der Waals surface area contributed by atoms with Crippen LogP contribution in [0.2, 0.25) is 0 Å². The van der Waals surface area contributed by atoms with Crippen molar-refractivity contribution in [2.24, 2.45) is 5.92 Å². The van der Waals surface area contributed by atoms with Gasteiger partial charge in [0.25, 0.3) is 0 Å². The lowest BCUT2D eigenvalue weighted by molar-refractivity contribution is -0.125. The van der Waals surface area contributed by atoms with Crippen LogP contribution in [0.5, 0.6) is 11.5 Å². The van der Waals surface area contributed by atoms with Crippen molar-refractivity contribution in [1.29, 1.82) is 0 Å². The number of hydrogen-bond acceptors (Lipinski definition) is 6. The van der Waals surface area contributed by atoms with Gasteiger partial charge in [0.1, 0.15) is 9.88 Å². The van der Waals surface area contributed by atoms with Gasteiger partial charge in [-0.05, 0) is 38.0 Å². The molecule has 0 radical (unpaired) electrons. The van der Waals surface area contributed by atoms with Crippen LogP contribution in [0, 0.1) is 12.8 Å². The summed E-state index contributed by atoms with van der Waals surface area (Å²) >= 11 is 1.09. The fraction of sp³-hybridized carbons (Fsp3) is 0.421. The third kappa shape index (κ3) is 4.97. The van der Waals surface area contributed by atoms with E-state index in [1.165, 1.54) is 0 Å². The van der Waals surface area contributed by atoms with Crippen LogP contribution in [0.15, 0.2) is 18.2 Å². The molecule has 2 unspecified atom stereocenters. The molecular formula is C19H24N2O5S. The summed E-state index contributed by atoms with van der Waals surface area (Å²) in [7, 11) is 3.14. The van der Waals surface area contributed by atoms with E-state index in [9.17, 15) is 9.59 Å². The number of thiazole rings is 1. The highest BCUT2D eigenvalue weighted by atomic mass is 32.1. The average Bonchev–Trinajstić information content (AvgIpc) is 3.03. The quantitative estimate of drug-likeness (QED) is 0.716. The fourth-order valence-corrected chi connectivity index (χ4v) is 3.58. The van der Waals surface area contributed by atoms with Crippen molar-refractivity contribution in [3.05, 3.63) is 39.3 Å². The van der Waals surface area contributed by atoms with Gasteiger partial charge in [0.2, 0.25) is 5.91 Å². The van der Waals surface area contributed by atoms with Crippen LogP contribution in [0.3, 0.4) is 0 Å². The van der Waals surface area contributed by atoms with Crippen LogP contribution in [0.1, 0.15) is 45.8 Å². The highest BCUT2D eigenvalue weighted by Gasteiger charge is 2.22. The lowest BCUT2D eigenvalue weighted by atomic mass is 9.99. The van der Waals surface area contributed by atoms with Gasteiger partial charge in [0.05, 0.1) is 26.0 Å². The highest BCUT2D eigenvalue weighted by Crippen LogP contribution is 2.29. The smallest absolute Gasteiger partial charge is 0.347 e. The Hall–Kier alpha value is -2.61. The normalized spacial score (nSPS) is 12.9. The summed E-state index contributed by atoms with van der Waals surface area (Å²) in [6.45, 7) is 5.29. The van der Waals surface area contributed by atoms with Gasteiger partial charge in [-0.15, -0.1) is 11.3 Å². The molecule has 2 N–H and O–H groups in total. The minimum absolute atomic E-state index is 0.123. The first-order valence-corrected chi connectivity index (χ1v) is 9.30. The zero-order valence-corrected chi connectivity index (χ0v) is 16.8. The summed E-state index contributed by atoms with van der Waals surface area (Å²) in [5.74, 6) is -0.139. The number of carboxylic acids is 1. The summed E-state index contributed by atoms with van der Waals surface area (Å²) in [4.78, 5) is 28.1. The number of ether oxygens (including phenoxy) is 2. The average molecular weight is 392 g/mol. The molecule has 1 aromatic heterocycles. The van der Waals surface area contributed by atoms with Crippen LogP contribution in [-0.2, 0) is 11.2 Å². The van der Waals surface area contributed by atoms with E-state index in [0.29, 0.717) is 28.6 Å². The van der Waals surface area contributed by atoms with Crippen LogP contribution in [0.25, 0.3) is 0 Å². The van der Waals surface area contributed by atoms with Crippen molar-refractivity contribution in [1.82, 2.24) is 10.3 Å². The molecule has 0 aliphatic rings. The zero-order chi connectivity index (χ0) is 20.1. The molecule has 0 aliphatic carbocycles. The zero-order valence-electron chi connectivity index (χ0n) is 16.0. The van der Waals surface area contributed by atoms with E-state index in [0.717, 1.165) is 16.9 Å². The maximum absolute atomic E-state index is 12.5. The molecular weight excluding hydrogens is 368 g/mol. The van der Waals surface area contributed by atoms with Crippen LogP contribution in [0.4, 0.5) is 0 Å². The molecule has 0 aliphatic heterocycles. The number of nitrogens with one attached hydrogen (secondary N) is 1. The summed E-state index contributed by atoms with van der Waals surface area (Å²) in [6.07, 6.45) is 0.538. The highest BCUT2D eigenvalue weighted by molar-refractivity contribution is 7.13. The molecule has 1 heterocycles. The molecule has 7 nitrogen and oxygen atoms in total. The Labute approximate surface area is 162 Å². The van der Waals surface area contributed by atoms with Crippen LogP contribution < -0.4 is 14.8 Å². The molecule has 0 spiro atoms. The largest absolute Gasteiger partial charge is 0.493 e. The van der Waals surface area contributed by atoms with E-state index in [1.807, 2.05) is 25.1 Å². The summed E-state index contributed by atoms with van der Waals surface area (Å²) in [6, 6.07) is 5.21. The Balaban J connectivity index is 2.03. The molecule has 146 valence electrons. The second-order valence-corrected chi connectivity index (χ2v) is 7.33. The number of aryl methyl sites for hydroxylation is 1. The number of hydrogen-bond donors (Lipinski definition) is 2. The lowest BCUT2D eigenvalue weighted by Gasteiger charge is -2.17. The van der Waals surface area contributed by atoms with E-state index in [1.54, 1.807) is 28.1 Å². The molecule has 27 heavy (non-hydrogen) atoms. The molecule has 2 rings (SSSR count). The minimum Gasteiger partial charge on any atom is -0.493 e. The molecule has 8 heteroatoms. The first-order chi connectivity index (χ1) is 12.8. The van der Waals surface area contributed by atoms with E-state index >= 15 is 0 Å². The van der Waals surface area contributed by atoms with Gasteiger partial charge in [-0.25, -0.2) is 9.78 Å². The van der Waals surface area contributed by atoms with Gasteiger partial charge < -0.3 is 19.9 Å². The third-order valence-electron chi connectivity index (χ3n) is 4.17. The minimum atomic E-state index is -1.00.